The Balaban J connectivity index is 2.63. The Morgan fingerprint density at radius 2 is 2.06 bits per heavy atom. The number of esters is 1. The van der Waals surface area contributed by atoms with Crippen LogP contribution in [0.25, 0.3) is 0 Å². The van der Waals surface area contributed by atoms with E-state index in [-0.39, 0.29) is 17.9 Å². The van der Waals surface area contributed by atoms with E-state index >= 15 is 0 Å². The molecule has 1 saturated heterocycles. The Morgan fingerprint density at radius 3 is 2.67 bits per heavy atom. The summed E-state index contributed by atoms with van der Waals surface area (Å²) in [5.41, 5.74) is 0. The molecule has 104 valence electrons. The summed E-state index contributed by atoms with van der Waals surface area (Å²) < 4.78 is 5.06. The van der Waals surface area contributed by atoms with Crippen LogP contribution in [0.15, 0.2) is 0 Å². The summed E-state index contributed by atoms with van der Waals surface area (Å²) in [7, 11) is 0. The van der Waals surface area contributed by atoms with E-state index in [1.54, 1.807) is 11.8 Å². The largest absolute Gasteiger partial charge is 0.464 e. The average molecular weight is 255 g/mol. The zero-order valence-electron chi connectivity index (χ0n) is 11.8. The molecule has 0 aromatic carbocycles. The number of amides is 1. The number of carbonyl (C=O) groups excluding carboxylic acids is 2. The van der Waals surface area contributed by atoms with Gasteiger partial charge in [0.25, 0.3) is 0 Å². The predicted octanol–water partition coefficient (Wildman–Crippen LogP) is 2.37. The van der Waals surface area contributed by atoms with Crippen LogP contribution in [-0.4, -0.2) is 36.0 Å². The highest BCUT2D eigenvalue weighted by Crippen LogP contribution is 2.21. The van der Waals surface area contributed by atoms with E-state index in [0.29, 0.717) is 25.5 Å². The summed E-state index contributed by atoms with van der Waals surface area (Å²) >= 11 is 0. The van der Waals surface area contributed by atoms with Gasteiger partial charge in [-0.05, 0) is 32.1 Å². The molecule has 1 amide bonds. The van der Waals surface area contributed by atoms with Gasteiger partial charge in [0.1, 0.15) is 6.04 Å². The SMILES string of the molecule is CCOC(=O)C1CCCCN1C(=O)CC(C)CC. The summed E-state index contributed by atoms with van der Waals surface area (Å²) in [5, 5.41) is 0. The lowest BCUT2D eigenvalue weighted by molar-refractivity contribution is -0.157. The number of hydrogen-bond acceptors (Lipinski definition) is 3. The van der Waals surface area contributed by atoms with Crippen LogP contribution >= 0.6 is 0 Å². The summed E-state index contributed by atoms with van der Waals surface area (Å²) in [6, 6.07) is -0.352. The number of likely N-dealkylation sites (tertiary alicyclic amines) is 1. The number of piperidine rings is 1. The van der Waals surface area contributed by atoms with Gasteiger partial charge in [0.15, 0.2) is 0 Å². The van der Waals surface area contributed by atoms with Crippen molar-refractivity contribution in [3.8, 4) is 0 Å². The molecule has 1 aliphatic rings. The first-order valence-corrected chi connectivity index (χ1v) is 7.06. The molecule has 1 aliphatic heterocycles. The van der Waals surface area contributed by atoms with Crippen LogP contribution in [0.1, 0.15) is 52.9 Å². The third-order valence-electron chi connectivity index (χ3n) is 3.60. The van der Waals surface area contributed by atoms with Gasteiger partial charge < -0.3 is 9.64 Å². The number of nitrogens with zero attached hydrogens (tertiary/aromatic N) is 1. The number of hydrogen-bond donors (Lipinski definition) is 0. The fraction of sp³-hybridized carbons (Fsp3) is 0.857. The third-order valence-corrected chi connectivity index (χ3v) is 3.60. The van der Waals surface area contributed by atoms with Crippen LogP contribution in [0.3, 0.4) is 0 Å². The molecule has 0 aromatic rings. The molecule has 4 heteroatoms. The van der Waals surface area contributed by atoms with E-state index in [9.17, 15) is 9.59 Å². The molecule has 0 radical (unpaired) electrons. The maximum atomic E-state index is 12.2. The third kappa shape index (κ3) is 4.00. The highest BCUT2D eigenvalue weighted by Gasteiger charge is 2.33. The number of carbonyl (C=O) groups is 2. The van der Waals surface area contributed by atoms with E-state index in [0.717, 1.165) is 25.7 Å². The predicted molar refractivity (Wildman–Crippen MR) is 70.1 cm³/mol. The summed E-state index contributed by atoms with van der Waals surface area (Å²) in [6.07, 6.45) is 4.25. The normalized spacial score (nSPS) is 21.5. The van der Waals surface area contributed by atoms with Gasteiger partial charge in [0.05, 0.1) is 6.61 Å². The first kappa shape index (κ1) is 15.0. The molecule has 0 aliphatic carbocycles. The summed E-state index contributed by atoms with van der Waals surface area (Å²) in [6.45, 7) is 7.02. The zero-order valence-corrected chi connectivity index (χ0v) is 11.8. The van der Waals surface area contributed by atoms with Crippen molar-refractivity contribution in [1.82, 2.24) is 4.90 Å². The molecule has 18 heavy (non-hydrogen) atoms. The van der Waals surface area contributed by atoms with Gasteiger partial charge in [-0.25, -0.2) is 4.79 Å². The molecule has 4 nitrogen and oxygen atoms in total. The van der Waals surface area contributed by atoms with Gasteiger partial charge in [-0.1, -0.05) is 20.3 Å². The Morgan fingerprint density at radius 1 is 1.33 bits per heavy atom. The molecule has 1 fully saturated rings. The summed E-state index contributed by atoms with van der Waals surface area (Å²) in [4.78, 5) is 25.8. The Labute approximate surface area is 110 Å². The van der Waals surface area contributed by atoms with E-state index in [1.165, 1.54) is 0 Å². The quantitative estimate of drug-likeness (QED) is 0.708. The first-order chi connectivity index (χ1) is 8.60. The van der Waals surface area contributed by atoms with E-state index in [2.05, 4.69) is 13.8 Å². The average Bonchev–Trinajstić information content (AvgIpc) is 2.38. The topological polar surface area (TPSA) is 46.6 Å². The fourth-order valence-electron chi connectivity index (χ4n) is 2.27. The maximum absolute atomic E-state index is 12.2. The minimum atomic E-state index is -0.352. The molecular weight excluding hydrogens is 230 g/mol. The minimum Gasteiger partial charge on any atom is -0.464 e. The molecule has 2 unspecified atom stereocenters. The second kappa shape index (κ2) is 7.39. The van der Waals surface area contributed by atoms with Crippen molar-refractivity contribution in [2.24, 2.45) is 5.92 Å². The standard InChI is InChI=1S/C14H25NO3/c1-4-11(3)10-13(16)15-9-7-6-8-12(15)14(17)18-5-2/h11-12H,4-10H2,1-3H3. The van der Waals surface area contributed by atoms with Crippen molar-refractivity contribution >= 4 is 11.9 Å². The van der Waals surface area contributed by atoms with Crippen LogP contribution in [0.5, 0.6) is 0 Å². The van der Waals surface area contributed by atoms with Crippen LogP contribution in [0.4, 0.5) is 0 Å². The minimum absolute atomic E-state index is 0.0992. The number of ether oxygens (including phenoxy) is 1. The smallest absolute Gasteiger partial charge is 0.328 e. The van der Waals surface area contributed by atoms with Crippen LogP contribution < -0.4 is 0 Å². The van der Waals surface area contributed by atoms with Gasteiger partial charge in [0.2, 0.25) is 5.91 Å². The second-order valence-corrected chi connectivity index (χ2v) is 5.07. The highest BCUT2D eigenvalue weighted by molar-refractivity contribution is 5.84. The molecule has 0 saturated carbocycles. The molecule has 2 atom stereocenters. The van der Waals surface area contributed by atoms with Crippen LogP contribution in [0.2, 0.25) is 0 Å². The molecule has 0 N–H and O–H groups in total. The number of rotatable bonds is 5. The highest BCUT2D eigenvalue weighted by atomic mass is 16.5. The Kier molecular flexibility index (Phi) is 6.16. The molecule has 1 rings (SSSR count). The van der Waals surface area contributed by atoms with Crippen molar-refractivity contribution in [1.29, 1.82) is 0 Å². The Bertz CT molecular complexity index is 291. The van der Waals surface area contributed by atoms with Crippen molar-refractivity contribution in [3.05, 3.63) is 0 Å². The van der Waals surface area contributed by atoms with Gasteiger partial charge in [-0.2, -0.15) is 0 Å². The van der Waals surface area contributed by atoms with E-state index in [1.807, 2.05) is 0 Å². The van der Waals surface area contributed by atoms with Crippen molar-refractivity contribution < 1.29 is 14.3 Å². The molecule has 0 bridgehead atoms. The van der Waals surface area contributed by atoms with Crippen LogP contribution in [-0.2, 0) is 14.3 Å². The summed E-state index contributed by atoms with van der Waals surface area (Å²) in [5.74, 6) is 0.235. The van der Waals surface area contributed by atoms with Gasteiger partial charge >= 0.3 is 5.97 Å². The Hall–Kier alpha value is -1.06. The van der Waals surface area contributed by atoms with Gasteiger partial charge in [-0.15, -0.1) is 0 Å². The molecule has 0 spiro atoms. The van der Waals surface area contributed by atoms with Gasteiger partial charge in [0, 0.05) is 13.0 Å². The lowest BCUT2D eigenvalue weighted by atomic mass is 9.99. The molecule has 1 heterocycles. The molecular formula is C14H25NO3. The van der Waals surface area contributed by atoms with E-state index < -0.39 is 0 Å². The van der Waals surface area contributed by atoms with Crippen LogP contribution in [0, 0.1) is 5.92 Å². The maximum Gasteiger partial charge on any atom is 0.328 e. The van der Waals surface area contributed by atoms with Crippen molar-refractivity contribution in [3.63, 3.8) is 0 Å². The monoisotopic (exact) mass is 255 g/mol. The van der Waals surface area contributed by atoms with E-state index in [4.69, 9.17) is 4.74 Å². The van der Waals surface area contributed by atoms with Gasteiger partial charge in [-0.3, -0.25) is 4.79 Å². The van der Waals surface area contributed by atoms with Crippen molar-refractivity contribution in [2.45, 2.75) is 58.9 Å². The fourth-order valence-corrected chi connectivity index (χ4v) is 2.27. The first-order valence-electron chi connectivity index (χ1n) is 7.06. The van der Waals surface area contributed by atoms with Crippen molar-refractivity contribution in [2.75, 3.05) is 13.2 Å². The lowest BCUT2D eigenvalue weighted by Crippen LogP contribution is -2.49. The lowest BCUT2D eigenvalue weighted by Gasteiger charge is -2.34. The zero-order chi connectivity index (χ0) is 13.5. The molecule has 0 aromatic heterocycles. The second-order valence-electron chi connectivity index (χ2n) is 5.07.